The summed E-state index contributed by atoms with van der Waals surface area (Å²) in [6, 6.07) is 9.77. The maximum Gasteiger partial charge on any atom is 0.240 e. The lowest BCUT2D eigenvalue weighted by molar-refractivity contribution is -0.136. The van der Waals surface area contributed by atoms with Crippen LogP contribution >= 0.6 is 0 Å². The maximum atomic E-state index is 12.7. The van der Waals surface area contributed by atoms with Crippen molar-refractivity contribution in [3.8, 4) is 0 Å². The monoisotopic (exact) mass is 304 g/mol. The third kappa shape index (κ3) is 5.88. The normalized spacial score (nSPS) is 12.6. The van der Waals surface area contributed by atoms with E-state index in [1.54, 1.807) is 7.05 Å². The third-order valence-corrected chi connectivity index (χ3v) is 3.35. The van der Waals surface area contributed by atoms with Crippen LogP contribution in [0, 0.1) is 0 Å². The highest BCUT2D eigenvalue weighted by molar-refractivity contribution is 5.88. The van der Waals surface area contributed by atoms with Gasteiger partial charge in [-0.25, -0.2) is 0 Å². The molecule has 4 nitrogen and oxygen atoms in total. The Morgan fingerprint density at radius 2 is 1.77 bits per heavy atom. The van der Waals surface area contributed by atoms with Crippen LogP contribution in [0.5, 0.6) is 0 Å². The highest BCUT2D eigenvalue weighted by Crippen LogP contribution is 2.23. The van der Waals surface area contributed by atoms with E-state index < -0.39 is 0 Å². The van der Waals surface area contributed by atoms with Crippen LogP contribution in [-0.2, 0) is 9.59 Å². The summed E-state index contributed by atoms with van der Waals surface area (Å²) in [4.78, 5) is 26.2. The van der Waals surface area contributed by atoms with Crippen molar-refractivity contribution in [1.29, 1.82) is 0 Å². The van der Waals surface area contributed by atoms with Gasteiger partial charge < -0.3 is 10.2 Å². The van der Waals surface area contributed by atoms with Gasteiger partial charge in [-0.2, -0.15) is 0 Å². The standard InChI is InChI=1S/C18H28N2O2/c1-6-10-15(14-11-8-7-9-12-14)17(22)20(5)13-16(21)19-18(2,3)4/h7-9,11-12,15H,6,10,13H2,1-5H3,(H,19,21). The van der Waals surface area contributed by atoms with E-state index in [0.717, 1.165) is 18.4 Å². The minimum Gasteiger partial charge on any atom is -0.350 e. The van der Waals surface area contributed by atoms with Crippen LogP contribution in [0.25, 0.3) is 0 Å². The highest BCUT2D eigenvalue weighted by atomic mass is 16.2. The molecule has 1 atom stereocenters. The maximum absolute atomic E-state index is 12.7. The molecule has 0 heterocycles. The number of carbonyl (C=O) groups excluding carboxylic acids is 2. The molecule has 1 rings (SSSR count). The van der Waals surface area contributed by atoms with Gasteiger partial charge in [0, 0.05) is 12.6 Å². The zero-order valence-electron chi connectivity index (χ0n) is 14.3. The van der Waals surface area contributed by atoms with Crippen molar-refractivity contribution >= 4 is 11.8 Å². The molecular formula is C18H28N2O2. The Morgan fingerprint density at radius 3 is 2.27 bits per heavy atom. The second-order valence-corrected chi connectivity index (χ2v) is 6.74. The number of hydrogen-bond donors (Lipinski definition) is 1. The number of nitrogens with one attached hydrogen (secondary N) is 1. The van der Waals surface area contributed by atoms with E-state index in [1.807, 2.05) is 51.1 Å². The Morgan fingerprint density at radius 1 is 1.18 bits per heavy atom. The van der Waals surface area contributed by atoms with Gasteiger partial charge in [0.25, 0.3) is 0 Å². The molecule has 0 bridgehead atoms. The number of rotatable bonds is 6. The van der Waals surface area contributed by atoms with Crippen LogP contribution in [0.2, 0.25) is 0 Å². The topological polar surface area (TPSA) is 49.4 Å². The quantitative estimate of drug-likeness (QED) is 0.878. The van der Waals surface area contributed by atoms with Crippen molar-refractivity contribution in [2.24, 2.45) is 0 Å². The van der Waals surface area contributed by atoms with Gasteiger partial charge in [0.1, 0.15) is 0 Å². The van der Waals surface area contributed by atoms with Crippen molar-refractivity contribution in [1.82, 2.24) is 10.2 Å². The molecule has 1 aromatic rings. The minimum atomic E-state index is -0.288. The SMILES string of the molecule is CCCC(C(=O)N(C)CC(=O)NC(C)(C)C)c1ccccc1. The summed E-state index contributed by atoms with van der Waals surface area (Å²) in [5.74, 6) is -0.317. The number of amides is 2. The van der Waals surface area contributed by atoms with Crippen LogP contribution in [0.3, 0.4) is 0 Å². The molecule has 122 valence electrons. The lowest BCUT2D eigenvalue weighted by Crippen LogP contribution is -2.47. The first-order valence-electron chi connectivity index (χ1n) is 7.85. The smallest absolute Gasteiger partial charge is 0.240 e. The fraction of sp³-hybridized carbons (Fsp3) is 0.556. The van der Waals surface area contributed by atoms with Gasteiger partial charge >= 0.3 is 0 Å². The first-order valence-corrected chi connectivity index (χ1v) is 7.85. The van der Waals surface area contributed by atoms with E-state index in [1.165, 1.54) is 4.90 Å². The predicted octanol–water partition coefficient (Wildman–Crippen LogP) is 2.94. The second-order valence-electron chi connectivity index (χ2n) is 6.74. The van der Waals surface area contributed by atoms with Crippen LogP contribution < -0.4 is 5.32 Å². The second kappa shape index (κ2) is 7.97. The molecule has 0 saturated carbocycles. The van der Waals surface area contributed by atoms with Gasteiger partial charge in [0.15, 0.2) is 0 Å². The first kappa shape index (κ1) is 18.2. The minimum absolute atomic E-state index is 0.00268. The van der Waals surface area contributed by atoms with Gasteiger partial charge in [-0.05, 0) is 32.8 Å². The van der Waals surface area contributed by atoms with Gasteiger partial charge in [-0.3, -0.25) is 9.59 Å². The predicted molar refractivity (Wildman–Crippen MR) is 89.6 cm³/mol. The molecule has 0 fully saturated rings. The van der Waals surface area contributed by atoms with Gasteiger partial charge in [0.2, 0.25) is 11.8 Å². The summed E-state index contributed by atoms with van der Waals surface area (Å²) in [6.45, 7) is 7.93. The lowest BCUT2D eigenvalue weighted by atomic mass is 9.93. The Kier molecular flexibility index (Phi) is 6.60. The van der Waals surface area contributed by atoms with E-state index in [4.69, 9.17) is 0 Å². The molecule has 1 N–H and O–H groups in total. The van der Waals surface area contributed by atoms with Crippen molar-refractivity contribution < 1.29 is 9.59 Å². The summed E-state index contributed by atoms with van der Waals surface area (Å²) < 4.78 is 0. The van der Waals surface area contributed by atoms with Crippen molar-refractivity contribution in [3.05, 3.63) is 35.9 Å². The van der Waals surface area contributed by atoms with E-state index in [9.17, 15) is 9.59 Å². The molecule has 1 unspecified atom stereocenters. The summed E-state index contributed by atoms with van der Waals surface area (Å²) in [7, 11) is 1.69. The Balaban J connectivity index is 2.75. The number of carbonyl (C=O) groups is 2. The largest absolute Gasteiger partial charge is 0.350 e. The molecule has 0 saturated heterocycles. The number of nitrogens with zero attached hydrogens (tertiary/aromatic N) is 1. The van der Waals surface area contributed by atoms with E-state index >= 15 is 0 Å². The van der Waals surface area contributed by atoms with Gasteiger partial charge in [-0.1, -0.05) is 43.7 Å². The Labute approximate surface area is 133 Å². The number of benzene rings is 1. The molecule has 0 spiro atoms. The Hall–Kier alpha value is -1.84. The summed E-state index contributed by atoms with van der Waals surface area (Å²) in [6.07, 6.45) is 1.71. The average molecular weight is 304 g/mol. The van der Waals surface area contributed by atoms with Crippen LogP contribution in [0.1, 0.15) is 52.0 Å². The lowest BCUT2D eigenvalue weighted by Gasteiger charge is -2.26. The molecule has 4 heteroatoms. The fourth-order valence-electron chi connectivity index (χ4n) is 2.42. The van der Waals surface area contributed by atoms with Crippen molar-refractivity contribution in [2.75, 3.05) is 13.6 Å². The molecule has 0 aliphatic carbocycles. The van der Waals surface area contributed by atoms with Crippen LogP contribution in [0.4, 0.5) is 0 Å². The molecule has 0 aliphatic rings. The van der Waals surface area contributed by atoms with Crippen LogP contribution in [0.15, 0.2) is 30.3 Å². The molecule has 0 radical (unpaired) electrons. The van der Waals surface area contributed by atoms with Gasteiger partial charge in [0.05, 0.1) is 12.5 Å². The van der Waals surface area contributed by atoms with Crippen molar-refractivity contribution in [2.45, 2.75) is 52.0 Å². The summed E-state index contributed by atoms with van der Waals surface area (Å²) in [5, 5.41) is 2.88. The molecular weight excluding hydrogens is 276 g/mol. The van der Waals surface area contributed by atoms with Crippen LogP contribution in [-0.4, -0.2) is 35.8 Å². The summed E-state index contributed by atoms with van der Waals surface area (Å²) >= 11 is 0. The molecule has 0 aliphatic heterocycles. The molecule has 2 amide bonds. The average Bonchev–Trinajstić information content (AvgIpc) is 2.42. The molecule has 1 aromatic carbocycles. The van der Waals surface area contributed by atoms with E-state index in [0.29, 0.717) is 0 Å². The summed E-state index contributed by atoms with van der Waals surface area (Å²) in [5.41, 5.74) is 0.723. The van der Waals surface area contributed by atoms with Crippen molar-refractivity contribution in [3.63, 3.8) is 0 Å². The zero-order valence-corrected chi connectivity index (χ0v) is 14.3. The highest BCUT2D eigenvalue weighted by Gasteiger charge is 2.25. The van der Waals surface area contributed by atoms with E-state index in [-0.39, 0.29) is 29.8 Å². The molecule has 22 heavy (non-hydrogen) atoms. The number of hydrogen-bond acceptors (Lipinski definition) is 2. The van der Waals surface area contributed by atoms with E-state index in [2.05, 4.69) is 12.2 Å². The first-order chi connectivity index (χ1) is 10.2. The fourth-order valence-corrected chi connectivity index (χ4v) is 2.42. The van der Waals surface area contributed by atoms with Gasteiger partial charge in [-0.15, -0.1) is 0 Å². The number of likely N-dealkylation sites (N-methyl/N-ethyl adjacent to an activating group) is 1. The zero-order chi connectivity index (χ0) is 16.8. The third-order valence-electron chi connectivity index (χ3n) is 3.35. The molecule has 0 aromatic heterocycles. The Bertz CT molecular complexity index is 492.